The van der Waals surface area contributed by atoms with Gasteiger partial charge in [0.1, 0.15) is 5.82 Å². The van der Waals surface area contributed by atoms with Crippen LogP contribution in [-0.4, -0.2) is 6.29 Å². The Morgan fingerprint density at radius 1 is 1.50 bits per heavy atom. The van der Waals surface area contributed by atoms with Crippen LogP contribution in [0.1, 0.15) is 10.4 Å². The van der Waals surface area contributed by atoms with Crippen molar-refractivity contribution in [1.82, 2.24) is 0 Å². The summed E-state index contributed by atoms with van der Waals surface area (Å²) in [7, 11) is 0. The zero-order chi connectivity index (χ0) is 7.56. The molecule has 0 saturated carbocycles. The van der Waals surface area contributed by atoms with Crippen molar-refractivity contribution in [2.45, 2.75) is 0 Å². The van der Waals surface area contributed by atoms with Crippen LogP contribution in [0.4, 0.5) is 10.1 Å². The van der Waals surface area contributed by atoms with Crippen LogP contribution < -0.4 is 5.73 Å². The van der Waals surface area contributed by atoms with Gasteiger partial charge in [0.05, 0.1) is 5.56 Å². The summed E-state index contributed by atoms with van der Waals surface area (Å²) in [6, 6.07) is 3.94. The van der Waals surface area contributed by atoms with E-state index < -0.39 is 5.82 Å². The number of nitrogen functional groups attached to an aromatic ring is 1. The van der Waals surface area contributed by atoms with Crippen molar-refractivity contribution in [1.29, 1.82) is 0 Å². The number of rotatable bonds is 1. The van der Waals surface area contributed by atoms with Gasteiger partial charge in [0.15, 0.2) is 6.29 Å². The van der Waals surface area contributed by atoms with Crippen molar-refractivity contribution in [2.75, 3.05) is 5.73 Å². The predicted molar refractivity (Wildman–Crippen MR) is 36.2 cm³/mol. The third-order valence-electron chi connectivity index (χ3n) is 1.15. The lowest BCUT2D eigenvalue weighted by Gasteiger charge is -1.94. The number of hydrogen-bond donors (Lipinski definition) is 1. The van der Waals surface area contributed by atoms with Gasteiger partial charge in [-0.25, -0.2) is 4.39 Å². The molecule has 0 aliphatic carbocycles. The van der Waals surface area contributed by atoms with Gasteiger partial charge in [0.25, 0.3) is 0 Å². The first-order valence-electron chi connectivity index (χ1n) is 2.74. The minimum Gasteiger partial charge on any atom is -0.399 e. The molecular formula is C7H6FNO. The highest BCUT2D eigenvalue weighted by molar-refractivity contribution is 5.75. The molecule has 0 unspecified atom stereocenters. The van der Waals surface area contributed by atoms with Gasteiger partial charge in [0.2, 0.25) is 0 Å². The summed E-state index contributed by atoms with van der Waals surface area (Å²) >= 11 is 0. The van der Waals surface area contributed by atoms with E-state index in [1.807, 2.05) is 0 Å². The van der Waals surface area contributed by atoms with Crippen molar-refractivity contribution in [2.24, 2.45) is 0 Å². The lowest BCUT2D eigenvalue weighted by Crippen LogP contribution is -1.90. The standard InChI is InChI=1S/C7H6FNO/c8-7-3-6(9)2-1-5(7)4-10/h1-4H,9H2. The molecule has 1 rings (SSSR count). The molecular weight excluding hydrogens is 133 g/mol. The van der Waals surface area contributed by atoms with Gasteiger partial charge < -0.3 is 5.73 Å². The maximum absolute atomic E-state index is 12.5. The molecule has 0 radical (unpaired) electrons. The first-order chi connectivity index (χ1) is 4.74. The van der Waals surface area contributed by atoms with Crippen molar-refractivity contribution in [3.8, 4) is 0 Å². The largest absolute Gasteiger partial charge is 0.399 e. The molecule has 3 heteroatoms. The molecule has 1 aromatic carbocycles. The highest BCUT2D eigenvalue weighted by Crippen LogP contribution is 2.08. The van der Waals surface area contributed by atoms with Crippen LogP contribution in [0, 0.1) is 5.82 Å². The molecule has 10 heavy (non-hydrogen) atoms. The molecule has 1 aromatic rings. The molecule has 0 aromatic heterocycles. The number of benzene rings is 1. The minimum absolute atomic E-state index is 0.0363. The van der Waals surface area contributed by atoms with Crippen LogP contribution in [0.25, 0.3) is 0 Å². The summed E-state index contributed by atoms with van der Waals surface area (Å²) in [5, 5.41) is 0. The summed E-state index contributed by atoms with van der Waals surface area (Å²) in [5.41, 5.74) is 5.58. The number of carbonyl (C=O) groups excluding carboxylic acids is 1. The maximum Gasteiger partial charge on any atom is 0.152 e. The van der Waals surface area contributed by atoms with E-state index in [0.29, 0.717) is 12.0 Å². The molecule has 0 amide bonds. The first kappa shape index (κ1) is 6.74. The SMILES string of the molecule is Nc1ccc(C=O)c(F)c1. The fourth-order valence-corrected chi connectivity index (χ4v) is 0.639. The normalized spacial score (nSPS) is 9.30. The van der Waals surface area contributed by atoms with Crippen molar-refractivity contribution in [3.05, 3.63) is 29.6 Å². The van der Waals surface area contributed by atoms with Crippen LogP contribution in [0.5, 0.6) is 0 Å². The molecule has 0 aliphatic rings. The van der Waals surface area contributed by atoms with Gasteiger partial charge in [-0.1, -0.05) is 0 Å². The Morgan fingerprint density at radius 3 is 2.70 bits per heavy atom. The summed E-state index contributed by atoms with van der Waals surface area (Å²) in [5.74, 6) is -0.574. The maximum atomic E-state index is 12.5. The number of hydrogen-bond acceptors (Lipinski definition) is 2. The third-order valence-corrected chi connectivity index (χ3v) is 1.15. The van der Waals surface area contributed by atoms with E-state index in [2.05, 4.69) is 0 Å². The van der Waals surface area contributed by atoms with Crippen LogP contribution in [0.2, 0.25) is 0 Å². The van der Waals surface area contributed by atoms with Crippen LogP contribution in [0.15, 0.2) is 18.2 Å². The Morgan fingerprint density at radius 2 is 2.20 bits per heavy atom. The topological polar surface area (TPSA) is 43.1 Å². The van der Waals surface area contributed by atoms with Gasteiger partial charge in [-0.2, -0.15) is 0 Å². The number of nitrogens with two attached hydrogens (primary N) is 1. The second-order valence-electron chi connectivity index (χ2n) is 1.90. The van der Waals surface area contributed by atoms with Crippen LogP contribution >= 0.6 is 0 Å². The van der Waals surface area contributed by atoms with Crippen molar-refractivity contribution < 1.29 is 9.18 Å². The predicted octanol–water partition coefficient (Wildman–Crippen LogP) is 1.22. The van der Waals surface area contributed by atoms with E-state index in [9.17, 15) is 9.18 Å². The fraction of sp³-hybridized carbons (Fsp3) is 0. The summed E-state index contributed by atoms with van der Waals surface area (Å²) in [6.07, 6.45) is 0.453. The monoisotopic (exact) mass is 139 g/mol. The average Bonchev–Trinajstić information content (AvgIpc) is 1.88. The van der Waals surface area contributed by atoms with Crippen molar-refractivity contribution >= 4 is 12.0 Å². The Hall–Kier alpha value is -1.38. The molecule has 2 nitrogen and oxygen atoms in total. The second-order valence-corrected chi connectivity index (χ2v) is 1.90. The fourth-order valence-electron chi connectivity index (χ4n) is 0.639. The molecule has 0 atom stereocenters. The quantitative estimate of drug-likeness (QED) is 0.469. The minimum atomic E-state index is -0.574. The second kappa shape index (κ2) is 2.47. The molecule has 0 heterocycles. The molecule has 0 spiro atoms. The number of aldehydes is 1. The molecule has 0 saturated heterocycles. The van der Waals surface area contributed by atoms with E-state index in [1.54, 1.807) is 0 Å². The van der Waals surface area contributed by atoms with E-state index in [4.69, 9.17) is 5.73 Å². The molecule has 0 aliphatic heterocycles. The van der Waals surface area contributed by atoms with Gasteiger partial charge in [0, 0.05) is 5.69 Å². The van der Waals surface area contributed by atoms with Gasteiger partial charge in [-0.05, 0) is 18.2 Å². The van der Waals surface area contributed by atoms with Crippen LogP contribution in [-0.2, 0) is 0 Å². The number of anilines is 1. The zero-order valence-electron chi connectivity index (χ0n) is 5.17. The van der Waals surface area contributed by atoms with E-state index in [0.717, 1.165) is 6.07 Å². The highest BCUT2D eigenvalue weighted by Gasteiger charge is 1.98. The van der Waals surface area contributed by atoms with E-state index in [-0.39, 0.29) is 5.56 Å². The smallest absolute Gasteiger partial charge is 0.152 e. The van der Waals surface area contributed by atoms with E-state index >= 15 is 0 Å². The molecule has 0 fully saturated rings. The van der Waals surface area contributed by atoms with Crippen molar-refractivity contribution in [3.63, 3.8) is 0 Å². The summed E-state index contributed by atoms with van der Waals surface area (Å²) < 4.78 is 12.5. The Balaban J connectivity index is 3.19. The van der Waals surface area contributed by atoms with Gasteiger partial charge in [-0.3, -0.25) is 4.79 Å². The number of carbonyl (C=O) groups is 1. The lowest BCUT2D eigenvalue weighted by molar-refractivity contribution is 0.112. The molecule has 52 valence electrons. The number of halogens is 1. The molecule has 0 bridgehead atoms. The molecule has 2 N–H and O–H groups in total. The third kappa shape index (κ3) is 1.13. The Labute approximate surface area is 57.5 Å². The summed E-state index contributed by atoms with van der Waals surface area (Å²) in [4.78, 5) is 10.1. The van der Waals surface area contributed by atoms with Crippen LogP contribution in [0.3, 0.4) is 0 Å². The average molecular weight is 139 g/mol. The Kier molecular flexibility index (Phi) is 1.67. The van der Waals surface area contributed by atoms with Gasteiger partial charge in [-0.15, -0.1) is 0 Å². The zero-order valence-corrected chi connectivity index (χ0v) is 5.17. The van der Waals surface area contributed by atoms with E-state index in [1.165, 1.54) is 12.1 Å². The Bertz CT molecular complexity index is 260. The first-order valence-corrected chi connectivity index (χ1v) is 2.74. The summed E-state index contributed by atoms with van der Waals surface area (Å²) in [6.45, 7) is 0. The highest BCUT2D eigenvalue weighted by atomic mass is 19.1. The van der Waals surface area contributed by atoms with Gasteiger partial charge >= 0.3 is 0 Å². The lowest BCUT2D eigenvalue weighted by atomic mass is 10.2.